The number of hydrogen-bond acceptors (Lipinski definition) is 2. The number of benzene rings is 1. The third-order valence-corrected chi connectivity index (χ3v) is 2.35. The Hall–Kier alpha value is -1.31. The van der Waals surface area contributed by atoms with Gasteiger partial charge in [0.2, 0.25) is 5.90 Å². The van der Waals surface area contributed by atoms with Crippen molar-refractivity contribution in [1.82, 2.24) is 0 Å². The Bertz CT molecular complexity index is 318. The number of hydrogen-bond donors (Lipinski definition) is 0. The van der Waals surface area contributed by atoms with Gasteiger partial charge >= 0.3 is 0 Å². The molecule has 0 spiro atoms. The van der Waals surface area contributed by atoms with Crippen LogP contribution in [0.3, 0.4) is 0 Å². The minimum Gasteiger partial charge on any atom is -0.475 e. The van der Waals surface area contributed by atoms with Gasteiger partial charge in [-0.25, -0.2) is 4.99 Å². The lowest BCUT2D eigenvalue weighted by atomic mass is 10.2. The van der Waals surface area contributed by atoms with Crippen molar-refractivity contribution in [2.24, 2.45) is 4.99 Å². The van der Waals surface area contributed by atoms with Gasteiger partial charge in [0, 0.05) is 5.56 Å². The molecule has 0 unspecified atom stereocenters. The van der Waals surface area contributed by atoms with Gasteiger partial charge in [-0.1, -0.05) is 31.5 Å². The van der Waals surface area contributed by atoms with Crippen molar-refractivity contribution in [1.29, 1.82) is 0 Å². The highest BCUT2D eigenvalue weighted by Gasteiger charge is 2.18. The Morgan fingerprint density at radius 2 is 2.14 bits per heavy atom. The van der Waals surface area contributed by atoms with Gasteiger partial charge in [0.1, 0.15) is 6.61 Å². The van der Waals surface area contributed by atoms with E-state index in [2.05, 4.69) is 11.9 Å². The number of rotatable bonds is 3. The van der Waals surface area contributed by atoms with E-state index in [0.717, 1.165) is 24.5 Å². The lowest BCUT2D eigenvalue weighted by Gasteiger charge is -2.00. The van der Waals surface area contributed by atoms with Crippen LogP contribution in [0.2, 0.25) is 0 Å². The highest BCUT2D eigenvalue weighted by Crippen LogP contribution is 2.14. The standard InChI is InChI=1S/C12H15NO/c1-2-6-11-9-14-12(13-11)10-7-4-3-5-8-10/h3-5,7-8,11H,2,6,9H2,1H3/t11-/m0/s1. The summed E-state index contributed by atoms with van der Waals surface area (Å²) in [4.78, 5) is 4.54. The van der Waals surface area contributed by atoms with E-state index in [9.17, 15) is 0 Å². The normalized spacial score (nSPS) is 20.4. The first kappa shape index (κ1) is 9.25. The van der Waals surface area contributed by atoms with E-state index in [1.807, 2.05) is 30.3 Å². The van der Waals surface area contributed by atoms with Crippen molar-refractivity contribution in [2.45, 2.75) is 25.8 Å². The lowest BCUT2D eigenvalue weighted by Crippen LogP contribution is -2.05. The van der Waals surface area contributed by atoms with Gasteiger partial charge in [-0.3, -0.25) is 0 Å². The molecule has 0 aromatic heterocycles. The van der Waals surface area contributed by atoms with Crippen molar-refractivity contribution in [2.75, 3.05) is 6.61 Å². The molecule has 1 aliphatic rings. The molecule has 0 aliphatic carbocycles. The molecule has 0 bridgehead atoms. The monoisotopic (exact) mass is 189 g/mol. The molecule has 1 aromatic carbocycles. The highest BCUT2D eigenvalue weighted by molar-refractivity contribution is 5.95. The fraction of sp³-hybridized carbons (Fsp3) is 0.417. The smallest absolute Gasteiger partial charge is 0.216 e. The summed E-state index contributed by atoms with van der Waals surface area (Å²) in [5, 5.41) is 0. The van der Waals surface area contributed by atoms with Crippen LogP contribution in [0.4, 0.5) is 0 Å². The highest BCUT2D eigenvalue weighted by atomic mass is 16.5. The average Bonchev–Trinajstić information content (AvgIpc) is 2.68. The number of ether oxygens (including phenoxy) is 1. The second-order valence-corrected chi connectivity index (χ2v) is 3.55. The first-order chi connectivity index (χ1) is 6.90. The van der Waals surface area contributed by atoms with Gasteiger partial charge in [-0.15, -0.1) is 0 Å². The van der Waals surface area contributed by atoms with Crippen LogP contribution in [0.1, 0.15) is 25.3 Å². The Labute approximate surface area is 84.6 Å². The molecule has 2 nitrogen and oxygen atoms in total. The maximum absolute atomic E-state index is 5.55. The van der Waals surface area contributed by atoms with Crippen molar-refractivity contribution >= 4 is 5.90 Å². The summed E-state index contributed by atoms with van der Waals surface area (Å²) < 4.78 is 5.55. The van der Waals surface area contributed by atoms with Gasteiger partial charge in [0.05, 0.1) is 6.04 Å². The molecule has 0 amide bonds. The zero-order chi connectivity index (χ0) is 9.80. The molecule has 2 rings (SSSR count). The largest absolute Gasteiger partial charge is 0.475 e. The predicted molar refractivity (Wildman–Crippen MR) is 57.6 cm³/mol. The lowest BCUT2D eigenvalue weighted by molar-refractivity contribution is 0.311. The van der Waals surface area contributed by atoms with Crippen LogP contribution in [-0.4, -0.2) is 18.5 Å². The quantitative estimate of drug-likeness (QED) is 0.716. The second kappa shape index (κ2) is 4.27. The van der Waals surface area contributed by atoms with Crippen LogP contribution >= 0.6 is 0 Å². The molecule has 1 aromatic rings. The van der Waals surface area contributed by atoms with Gasteiger partial charge < -0.3 is 4.74 Å². The van der Waals surface area contributed by atoms with Gasteiger partial charge in [-0.2, -0.15) is 0 Å². The molecular formula is C12H15NO. The molecule has 0 radical (unpaired) electrons. The molecule has 0 saturated heterocycles. The van der Waals surface area contributed by atoms with E-state index in [-0.39, 0.29) is 0 Å². The summed E-state index contributed by atoms with van der Waals surface area (Å²) in [6.07, 6.45) is 2.29. The first-order valence-corrected chi connectivity index (χ1v) is 5.16. The predicted octanol–water partition coefficient (Wildman–Crippen LogP) is 2.63. The SMILES string of the molecule is CCC[C@H]1COC(c2ccccc2)=N1. The molecule has 2 heteroatoms. The Balaban J connectivity index is 2.10. The van der Waals surface area contributed by atoms with Gasteiger partial charge in [0.15, 0.2) is 0 Å². The summed E-state index contributed by atoms with van der Waals surface area (Å²) in [7, 11) is 0. The first-order valence-electron chi connectivity index (χ1n) is 5.16. The zero-order valence-electron chi connectivity index (χ0n) is 8.44. The zero-order valence-corrected chi connectivity index (χ0v) is 8.44. The van der Waals surface area contributed by atoms with Crippen LogP contribution in [0.5, 0.6) is 0 Å². The minimum absolute atomic E-state index is 0.371. The molecule has 74 valence electrons. The molecule has 1 heterocycles. The fourth-order valence-electron chi connectivity index (χ4n) is 1.64. The third-order valence-electron chi connectivity index (χ3n) is 2.35. The summed E-state index contributed by atoms with van der Waals surface area (Å²) >= 11 is 0. The van der Waals surface area contributed by atoms with E-state index >= 15 is 0 Å². The van der Waals surface area contributed by atoms with Crippen LogP contribution in [0, 0.1) is 0 Å². The fourth-order valence-corrected chi connectivity index (χ4v) is 1.64. The van der Waals surface area contributed by atoms with Crippen molar-refractivity contribution < 1.29 is 4.74 Å². The van der Waals surface area contributed by atoms with Crippen LogP contribution in [0.25, 0.3) is 0 Å². The van der Waals surface area contributed by atoms with E-state index in [1.54, 1.807) is 0 Å². The third kappa shape index (κ3) is 1.95. The summed E-state index contributed by atoms with van der Waals surface area (Å²) in [5.74, 6) is 0.809. The van der Waals surface area contributed by atoms with E-state index in [1.165, 1.54) is 6.42 Å². The number of nitrogens with zero attached hydrogens (tertiary/aromatic N) is 1. The van der Waals surface area contributed by atoms with Crippen molar-refractivity contribution in [3.8, 4) is 0 Å². The molecule has 0 N–H and O–H groups in total. The van der Waals surface area contributed by atoms with Crippen LogP contribution < -0.4 is 0 Å². The summed E-state index contributed by atoms with van der Waals surface area (Å²) in [6.45, 7) is 2.92. The topological polar surface area (TPSA) is 21.6 Å². The van der Waals surface area contributed by atoms with E-state index in [4.69, 9.17) is 4.74 Å². The van der Waals surface area contributed by atoms with E-state index < -0.39 is 0 Å². The minimum atomic E-state index is 0.371. The Morgan fingerprint density at radius 1 is 1.36 bits per heavy atom. The second-order valence-electron chi connectivity index (χ2n) is 3.55. The average molecular weight is 189 g/mol. The maximum Gasteiger partial charge on any atom is 0.216 e. The van der Waals surface area contributed by atoms with Crippen molar-refractivity contribution in [3.05, 3.63) is 35.9 Å². The summed E-state index contributed by atoms with van der Waals surface area (Å²) in [6, 6.07) is 10.5. The number of aliphatic imine (C=N–C) groups is 1. The molecule has 0 saturated carbocycles. The maximum atomic E-state index is 5.55. The van der Waals surface area contributed by atoms with Crippen LogP contribution in [-0.2, 0) is 4.74 Å². The van der Waals surface area contributed by atoms with Gasteiger partial charge in [-0.05, 0) is 18.6 Å². The molecule has 1 aliphatic heterocycles. The Morgan fingerprint density at radius 3 is 2.86 bits per heavy atom. The van der Waals surface area contributed by atoms with Crippen LogP contribution in [0.15, 0.2) is 35.3 Å². The molecule has 14 heavy (non-hydrogen) atoms. The summed E-state index contributed by atoms with van der Waals surface area (Å²) in [5.41, 5.74) is 1.09. The molecular weight excluding hydrogens is 174 g/mol. The Kier molecular flexibility index (Phi) is 2.82. The van der Waals surface area contributed by atoms with Crippen molar-refractivity contribution in [3.63, 3.8) is 0 Å². The molecule has 0 fully saturated rings. The van der Waals surface area contributed by atoms with Gasteiger partial charge in [0.25, 0.3) is 0 Å². The molecule has 1 atom stereocenters. The van der Waals surface area contributed by atoms with E-state index in [0.29, 0.717) is 6.04 Å².